The number of unbranched alkanes of at least 4 members (excludes halogenated alkanes) is 1. The fourth-order valence-electron chi connectivity index (χ4n) is 3.04. The van der Waals surface area contributed by atoms with Crippen molar-refractivity contribution >= 4 is 0 Å². The van der Waals surface area contributed by atoms with Gasteiger partial charge in [0.15, 0.2) is 0 Å². The van der Waals surface area contributed by atoms with E-state index in [1.165, 1.54) is 18.5 Å². The van der Waals surface area contributed by atoms with Crippen LogP contribution in [0.25, 0.3) is 0 Å². The summed E-state index contributed by atoms with van der Waals surface area (Å²) in [7, 11) is 0. The molecule has 0 amide bonds. The second kappa shape index (κ2) is 6.10. The number of nitrogens with zero attached hydrogens (tertiary/aromatic N) is 2. The van der Waals surface area contributed by atoms with Crippen LogP contribution in [0.15, 0.2) is 11.9 Å². The third kappa shape index (κ3) is 4.08. The first kappa shape index (κ1) is 14.6. The molecule has 0 spiro atoms. The number of alkyl halides is 2. The quantitative estimate of drug-likeness (QED) is 0.745. The summed E-state index contributed by atoms with van der Waals surface area (Å²) in [6.45, 7) is 7.34. The van der Waals surface area contributed by atoms with Crippen molar-refractivity contribution in [1.29, 1.82) is 0 Å². The zero-order valence-corrected chi connectivity index (χ0v) is 12.2. The van der Waals surface area contributed by atoms with E-state index in [-0.39, 0.29) is 12.8 Å². The van der Waals surface area contributed by atoms with Gasteiger partial charge in [0.2, 0.25) is 5.92 Å². The lowest BCUT2D eigenvalue weighted by Crippen LogP contribution is -2.34. The molecular formula is C15H26F2N2. The number of hydrogen-bond acceptors (Lipinski definition) is 2. The van der Waals surface area contributed by atoms with Crippen LogP contribution in [0, 0.1) is 5.92 Å². The Labute approximate surface area is 115 Å². The SMILES string of the molecule is CCCCN1CN(CC2CCC(F)(F)CC2)C=C1C. The molecule has 1 saturated carbocycles. The maximum absolute atomic E-state index is 13.1. The van der Waals surface area contributed by atoms with Crippen molar-refractivity contribution in [3.05, 3.63) is 11.9 Å². The normalized spacial score (nSPS) is 23.9. The highest BCUT2D eigenvalue weighted by Crippen LogP contribution is 2.36. The summed E-state index contributed by atoms with van der Waals surface area (Å²) in [6.07, 6.45) is 6.12. The van der Waals surface area contributed by atoms with E-state index >= 15 is 0 Å². The minimum Gasteiger partial charge on any atom is -0.358 e. The molecule has 0 aromatic carbocycles. The molecule has 110 valence electrons. The number of allylic oxidation sites excluding steroid dienone is 1. The van der Waals surface area contributed by atoms with Gasteiger partial charge in [-0.3, -0.25) is 0 Å². The molecule has 0 bridgehead atoms. The monoisotopic (exact) mass is 272 g/mol. The predicted octanol–water partition coefficient (Wildman–Crippen LogP) is 4.05. The zero-order valence-electron chi connectivity index (χ0n) is 12.2. The molecule has 2 aliphatic rings. The van der Waals surface area contributed by atoms with Crippen LogP contribution in [0.3, 0.4) is 0 Å². The summed E-state index contributed by atoms with van der Waals surface area (Å²) < 4.78 is 26.2. The topological polar surface area (TPSA) is 6.48 Å². The largest absolute Gasteiger partial charge is 0.358 e. The summed E-state index contributed by atoms with van der Waals surface area (Å²) in [5.74, 6) is -1.96. The molecule has 0 atom stereocenters. The van der Waals surface area contributed by atoms with E-state index in [2.05, 4.69) is 29.8 Å². The number of rotatable bonds is 5. The first-order valence-electron chi connectivity index (χ1n) is 7.55. The fourth-order valence-corrected chi connectivity index (χ4v) is 3.04. The Bertz CT molecular complexity index is 318. The Balaban J connectivity index is 1.76. The highest BCUT2D eigenvalue weighted by atomic mass is 19.3. The molecule has 2 nitrogen and oxygen atoms in total. The van der Waals surface area contributed by atoms with Crippen LogP contribution in [0.1, 0.15) is 52.4 Å². The van der Waals surface area contributed by atoms with Crippen LogP contribution in [-0.4, -0.2) is 35.5 Å². The van der Waals surface area contributed by atoms with Gasteiger partial charge in [-0.05, 0) is 32.1 Å². The van der Waals surface area contributed by atoms with Crippen LogP contribution in [0.4, 0.5) is 8.78 Å². The van der Waals surface area contributed by atoms with Crippen molar-refractivity contribution in [2.24, 2.45) is 5.92 Å². The van der Waals surface area contributed by atoms with Crippen LogP contribution >= 0.6 is 0 Å². The van der Waals surface area contributed by atoms with Gasteiger partial charge in [0.1, 0.15) is 0 Å². The molecule has 19 heavy (non-hydrogen) atoms. The lowest BCUT2D eigenvalue weighted by molar-refractivity contribution is -0.0480. The third-order valence-corrected chi connectivity index (χ3v) is 4.33. The fraction of sp³-hybridized carbons (Fsp3) is 0.867. The molecule has 1 aliphatic heterocycles. The summed E-state index contributed by atoms with van der Waals surface area (Å²) in [6, 6.07) is 0. The molecule has 0 aromatic heterocycles. The highest BCUT2D eigenvalue weighted by Gasteiger charge is 2.35. The molecule has 1 fully saturated rings. The summed E-state index contributed by atoms with van der Waals surface area (Å²) in [4.78, 5) is 4.69. The Morgan fingerprint density at radius 3 is 2.63 bits per heavy atom. The molecule has 0 aromatic rings. The number of halogens is 2. The van der Waals surface area contributed by atoms with Gasteiger partial charge in [-0.15, -0.1) is 0 Å². The summed E-state index contributed by atoms with van der Waals surface area (Å²) in [5, 5.41) is 0. The number of hydrogen-bond donors (Lipinski definition) is 0. The summed E-state index contributed by atoms with van der Waals surface area (Å²) in [5.41, 5.74) is 1.31. The van der Waals surface area contributed by atoms with E-state index in [0.29, 0.717) is 18.8 Å². The average molecular weight is 272 g/mol. The second-order valence-corrected chi connectivity index (χ2v) is 6.10. The molecule has 2 rings (SSSR count). The van der Waals surface area contributed by atoms with E-state index in [4.69, 9.17) is 0 Å². The summed E-state index contributed by atoms with van der Waals surface area (Å²) >= 11 is 0. The van der Waals surface area contributed by atoms with Crippen molar-refractivity contribution in [3.63, 3.8) is 0 Å². The second-order valence-electron chi connectivity index (χ2n) is 6.10. The van der Waals surface area contributed by atoms with Gasteiger partial charge in [-0.2, -0.15) is 0 Å². The standard InChI is InChI=1S/C15H26F2N2/c1-3-4-9-19-12-18(10-13(19)2)11-14-5-7-15(16,17)8-6-14/h10,14H,3-9,11-12H2,1-2H3. The molecule has 1 aliphatic carbocycles. The van der Waals surface area contributed by atoms with E-state index in [1.54, 1.807) is 0 Å². The molecule has 0 saturated heterocycles. The van der Waals surface area contributed by atoms with Crippen molar-refractivity contribution in [2.75, 3.05) is 19.8 Å². The van der Waals surface area contributed by atoms with Gasteiger partial charge >= 0.3 is 0 Å². The van der Waals surface area contributed by atoms with Gasteiger partial charge in [0, 0.05) is 37.8 Å². The lowest BCUT2D eigenvalue weighted by Gasteiger charge is -2.31. The Hall–Kier alpha value is -0.800. The molecule has 1 heterocycles. The maximum Gasteiger partial charge on any atom is 0.248 e. The zero-order chi connectivity index (χ0) is 13.9. The minimum atomic E-state index is -2.40. The Morgan fingerprint density at radius 1 is 1.32 bits per heavy atom. The molecular weight excluding hydrogens is 246 g/mol. The highest BCUT2D eigenvalue weighted by molar-refractivity contribution is 5.03. The first-order valence-corrected chi connectivity index (χ1v) is 7.55. The smallest absolute Gasteiger partial charge is 0.248 e. The first-order chi connectivity index (χ1) is 9.00. The molecule has 4 heteroatoms. The molecule has 0 N–H and O–H groups in total. The van der Waals surface area contributed by atoms with Crippen LogP contribution in [-0.2, 0) is 0 Å². The third-order valence-electron chi connectivity index (χ3n) is 4.33. The maximum atomic E-state index is 13.1. The Morgan fingerprint density at radius 2 is 2.00 bits per heavy atom. The van der Waals surface area contributed by atoms with Gasteiger partial charge in [-0.1, -0.05) is 13.3 Å². The van der Waals surface area contributed by atoms with E-state index in [0.717, 1.165) is 19.8 Å². The average Bonchev–Trinajstić information content (AvgIpc) is 2.70. The van der Waals surface area contributed by atoms with Gasteiger partial charge in [-0.25, -0.2) is 8.78 Å². The van der Waals surface area contributed by atoms with Gasteiger partial charge in [0.25, 0.3) is 0 Å². The van der Waals surface area contributed by atoms with Crippen molar-refractivity contribution in [2.45, 2.75) is 58.3 Å². The van der Waals surface area contributed by atoms with Crippen molar-refractivity contribution in [1.82, 2.24) is 9.80 Å². The minimum absolute atomic E-state index is 0.0771. The molecule has 0 unspecified atom stereocenters. The van der Waals surface area contributed by atoms with E-state index < -0.39 is 5.92 Å². The van der Waals surface area contributed by atoms with E-state index in [9.17, 15) is 8.78 Å². The van der Waals surface area contributed by atoms with Crippen LogP contribution < -0.4 is 0 Å². The molecule has 0 radical (unpaired) electrons. The van der Waals surface area contributed by atoms with Crippen LogP contribution in [0.2, 0.25) is 0 Å². The lowest BCUT2D eigenvalue weighted by atomic mass is 9.86. The van der Waals surface area contributed by atoms with E-state index in [1.807, 2.05) is 0 Å². The van der Waals surface area contributed by atoms with Crippen LogP contribution in [0.5, 0.6) is 0 Å². The van der Waals surface area contributed by atoms with Crippen molar-refractivity contribution < 1.29 is 8.78 Å². The van der Waals surface area contributed by atoms with Crippen molar-refractivity contribution in [3.8, 4) is 0 Å². The predicted molar refractivity (Wildman–Crippen MR) is 73.8 cm³/mol. The van der Waals surface area contributed by atoms with Gasteiger partial charge < -0.3 is 9.80 Å². The Kier molecular flexibility index (Phi) is 4.69. The van der Waals surface area contributed by atoms with Gasteiger partial charge in [0.05, 0.1) is 6.67 Å².